The highest BCUT2D eigenvalue weighted by molar-refractivity contribution is 5.83. The van der Waals surface area contributed by atoms with Gasteiger partial charge in [-0.3, -0.25) is 9.59 Å². The molecule has 0 fully saturated rings. The van der Waals surface area contributed by atoms with Crippen molar-refractivity contribution in [3.05, 3.63) is 0 Å². The van der Waals surface area contributed by atoms with Crippen molar-refractivity contribution in [3.63, 3.8) is 0 Å². The Morgan fingerprint density at radius 3 is 2.46 bits per heavy atom. The molecule has 0 saturated carbocycles. The number of hydrogen-bond donors (Lipinski definition) is 2. The molecule has 0 radical (unpaired) electrons. The third kappa shape index (κ3) is 5.19. The number of nitrogens with zero attached hydrogens (tertiary/aromatic N) is 1. The van der Waals surface area contributed by atoms with Gasteiger partial charge in [0.1, 0.15) is 0 Å². The fourth-order valence-corrected chi connectivity index (χ4v) is 0.693. The van der Waals surface area contributed by atoms with Gasteiger partial charge in [-0.1, -0.05) is 0 Å². The Morgan fingerprint density at radius 2 is 2.08 bits per heavy atom. The standard InChI is InChI=1S/C8H16N2O3/c1-6(5-11)9-8(13)4-10(3)7(2)12/h6,11H,4-5H2,1-3H3,(H,9,13)/t6-/m1/s1. The summed E-state index contributed by atoms with van der Waals surface area (Å²) in [5.74, 6) is -0.425. The summed E-state index contributed by atoms with van der Waals surface area (Å²) in [6.07, 6.45) is 0. The SMILES string of the molecule is CC(=O)N(C)CC(=O)N[C@H](C)CO. The summed E-state index contributed by atoms with van der Waals surface area (Å²) in [6.45, 7) is 3.00. The highest BCUT2D eigenvalue weighted by atomic mass is 16.3. The van der Waals surface area contributed by atoms with Gasteiger partial charge < -0.3 is 15.3 Å². The van der Waals surface area contributed by atoms with Crippen LogP contribution in [0.1, 0.15) is 13.8 Å². The average molecular weight is 188 g/mol. The van der Waals surface area contributed by atoms with E-state index < -0.39 is 0 Å². The molecular formula is C8H16N2O3. The molecule has 5 nitrogen and oxygen atoms in total. The van der Waals surface area contributed by atoms with Gasteiger partial charge in [0.2, 0.25) is 11.8 Å². The molecule has 0 spiro atoms. The largest absolute Gasteiger partial charge is 0.394 e. The van der Waals surface area contributed by atoms with Crippen molar-refractivity contribution in [1.82, 2.24) is 10.2 Å². The van der Waals surface area contributed by atoms with E-state index >= 15 is 0 Å². The van der Waals surface area contributed by atoms with Crippen LogP contribution in [0.3, 0.4) is 0 Å². The molecule has 0 aliphatic heterocycles. The summed E-state index contributed by atoms with van der Waals surface area (Å²) in [6, 6.07) is -0.271. The summed E-state index contributed by atoms with van der Waals surface area (Å²) < 4.78 is 0. The van der Waals surface area contributed by atoms with Crippen LogP contribution in [0.4, 0.5) is 0 Å². The van der Waals surface area contributed by atoms with E-state index in [1.165, 1.54) is 11.8 Å². The van der Waals surface area contributed by atoms with Gasteiger partial charge in [0, 0.05) is 20.0 Å². The van der Waals surface area contributed by atoms with Gasteiger partial charge in [0.15, 0.2) is 0 Å². The number of likely N-dealkylation sites (N-methyl/N-ethyl adjacent to an activating group) is 1. The summed E-state index contributed by atoms with van der Waals surface area (Å²) >= 11 is 0. The number of carbonyl (C=O) groups excluding carboxylic acids is 2. The third-order valence-electron chi connectivity index (χ3n) is 1.60. The van der Waals surface area contributed by atoms with Gasteiger partial charge in [-0.15, -0.1) is 0 Å². The summed E-state index contributed by atoms with van der Waals surface area (Å²) in [4.78, 5) is 23.1. The van der Waals surface area contributed by atoms with Crippen molar-refractivity contribution in [2.24, 2.45) is 0 Å². The average Bonchev–Trinajstić information content (AvgIpc) is 2.03. The van der Waals surface area contributed by atoms with Crippen LogP contribution < -0.4 is 5.32 Å². The lowest BCUT2D eigenvalue weighted by Crippen LogP contribution is -2.42. The topological polar surface area (TPSA) is 69.6 Å². The van der Waals surface area contributed by atoms with Crippen LogP contribution in [0.2, 0.25) is 0 Å². The second-order valence-corrected chi connectivity index (χ2v) is 3.03. The van der Waals surface area contributed by atoms with Crippen molar-refractivity contribution in [2.45, 2.75) is 19.9 Å². The summed E-state index contributed by atoms with van der Waals surface area (Å²) in [7, 11) is 1.55. The molecule has 1 atom stereocenters. The lowest BCUT2D eigenvalue weighted by molar-refractivity contribution is -0.133. The van der Waals surface area contributed by atoms with Crippen LogP contribution >= 0.6 is 0 Å². The minimum atomic E-state index is -0.271. The number of nitrogens with one attached hydrogen (secondary N) is 1. The molecular weight excluding hydrogens is 172 g/mol. The first-order valence-corrected chi connectivity index (χ1v) is 4.09. The maximum absolute atomic E-state index is 11.1. The first kappa shape index (κ1) is 11.9. The van der Waals surface area contributed by atoms with E-state index in [-0.39, 0.29) is 31.0 Å². The molecule has 0 heterocycles. The van der Waals surface area contributed by atoms with Crippen LogP contribution in [-0.2, 0) is 9.59 Å². The first-order chi connectivity index (χ1) is 5.97. The van der Waals surface area contributed by atoms with E-state index in [0.717, 1.165) is 0 Å². The number of aliphatic hydroxyl groups excluding tert-OH is 1. The number of aliphatic hydroxyl groups is 1. The smallest absolute Gasteiger partial charge is 0.239 e. The molecule has 0 saturated heterocycles. The van der Waals surface area contributed by atoms with Gasteiger partial charge >= 0.3 is 0 Å². The number of hydrogen-bond acceptors (Lipinski definition) is 3. The summed E-state index contributed by atoms with van der Waals surface area (Å²) in [5, 5.41) is 11.2. The minimum Gasteiger partial charge on any atom is -0.394 e. The maximum Gasteiger partial charge on any atom is 0.239 e. The predicted octanol–water partition coefficient (Wildman–Crippen LogP) is -1.04. The first-order valence-electron chi connectivity index (χ1n) is 4.09. The Kier molecular flexibility index (Phi) is 5.06. The Hall–Kier alpha value is -1.10. The van der Waals surface area contributed by atoms with Crippen molar-refractivity contribution >= 4 is 11.8 Å². The lowest BCUT2D eigenvalue weighted by atomic mass is 10.3. The molecule has 0 unspecified atom stereocenters. The quantitative estimate of drug-likeness (QED) is 0.592. The van der Waals surface area contributed by atoms with E-state index in [2.05, 4.69) is 5.32 Å². The van der Waals surface area contributed by atoms with Crippen LogP contribution in [0.5, 0.6) is 0 Å². The Bertz CT molecular complexity index is 194. The van der Waals surface area contributed by atoms with E-state index in [1.807, 2.05) is 0 Å². The fraction of sp³-hybridized carbons (Fsp3) is 0.750. The Morgan fingerprint density at radius 1 is 1.54 bits per heavy atom. The van der Waals surface area contributed by atoms with E-state index in [4.69, 9.17) is 5.11 Å². The Balaban J connectivity index is 3.81. The van der Waals surface area contributed by atoms with E-state index in [9.17, 15) is 9.59 Å². The molecule has 76 valence electrons. The fourth-order valence-electron chi connectivity index (χ4n) is 0.693. The molecule has 0 aromatic carbocycles. The number of amides is 2. The van der Waals surface area contributed by atoms with Crippen LogP contribution in [0.25, 0.3) is 0 Å². The molecule has 0 bridgehead atoms. The number of carbonyl (C=O) groups is 2. The van der Waals surface area contributed by atoms with Crippen molar-refractivity contribution in [2.75, 3.05) is 20.2 Å². The third-order valence-corrected chi connectivity index (χ3v) is 1.60. The van der Waals surface area contributed by atoms with Crippen molar-refractivity contribution in [3.8, 4) is 0 Å². The van der Waals surface area contributed by atoms with E-state index in [0.29, 0.717) is 0 Å². The maximum atomic E-state index is 11.1. The lowest BCUT2D eigenvalue weighted by Gasteiger charge is -2.16. The van der Waals surface area contributed by atoms with Crippen LogP contribution in [-0.4, -0.2) is 48.1 Å². The van der Waals surface area contributed by atoms with Gasteiger partial charge in [0.05, 0.1) is 13.2 Å². The van der Waals surface area contributed by atoms with E-state index in [1.54, 1.807) is 14.0 Å². The molecule has 0 rings (SSSR count). The van der Waals surface area contributed by atoms with Gasteiger partial charge in [-0.25, -0.2) is 0 Å². The Labute approximate surface area is 77.7 Å². The molecule has 2 N–H and O–H groups in total. The molecule has 2 amide bonds. The highest BCUT2D eigenvalue weighted by Gasteiger charge is 2.10. The monoisotopic (exact) mass is 188 g/mol. The summed E-state index contributed by atoms with van der Waals surface area (Å²) in [5.41, 5.74) is 0. The van der Waals surface area contributed by atoms with Gasteiger partial charge in [-0.2, -0.15) is 0 Å². The van der Waals surface area contributed by atoms with Crippen molar-refractivity contribution in [1.29, 1.82) is 0 Å². The van der Waals surface area contributed by atoms with Gasteiger partial charge in [-0.05, 0) is 6.92 Å². The van der Waals surface area contributed by atoms with Crippen LogP contribution in [0, 0.1) is 0 Å². The minimum absolute atomic E-state index is 0.0275. The van der Waals surface area contributed by atoms with Crippen LogP contribution in [0.15, 0.2) is 0 Å². The normalized spacial score (nSPS) is 12.0. The van der Waals surface area contributed by atoms with Gasteiger partial charge in [0.25, 0.3) is 0 Å². The second kappa shape index (κ2) is 5.53. The zero-order chi connectivity index (χ0) is 10.4. The zero-order valence-corrected chi connectivity index (χ0v) is 8.20. The van der Waals surface area contributed by atoms with Crippen molar-refractivity contribution < 1.29 is 14.7 Å². The predicted molar refractivity (Wildman–Crippen MR) is 48.0 cm³/mol. The molecule has 13 heavy (non-hydrogen) atoms. The zero-order valence-electron chi connectivity index (χ0n) is 8.20. The molecule has 5 heteroatoms. The molecule has 0 aliphatic carbocycles. The molecule has 0 aromatic rings. The molecule has 0 aromatic heterocycles. The number of rotatable bonds is 4. The second-order valence-electron chi connectivity index (χ2n) is 3.03. The highest BCUT2D eigenvalue weighted by Crippen LogP contribution is 1.84. The molecule has 0 aliphatic rings.